The van der Waals surface area contributed by atoms with Gasteiger partial charge in [-0.05, 0) is 12.2 Å². The zero-order valence-corrected chi connectivity index (χ0v) is 17.0. The van der Waals surface area contributed by atoms with Crippen LogP contribution in [0.5, 0.6) is 0 Å². The normalized spacial score (nSPS) is 23.2. The highest BCUT2D eigenvalue weighted by molar-refractivity contribution is 5.92. The van der Waals surface area contributed by atoms with E-state index >= 15 is 0 Å². The Morgan fingerprint density at radius 1 is 0.419 bits per heavy atom. The molecule has 31 heavy (non-hydrogen) atoms. The van der Waals surface area contributed by atoms with Crippen LogP contribution < -0.4 is 0 Å². The van der Waals surface area contributed by atoms with Crippen molar-refractivity contribution >= 4 is 23.9 Å². The van der Waals surface area contributed by atoms with Gasteiger partial charge in [-0.2, -0.15) is 0 Å². The highest BCUT2D eigenvalue weighted by Gasteiger charge is 2.02. The maximum absolute atomic E-state index is 11.5. The van der Waals surface area contributed by atoms with Crippen LogP contribution in [0, 0.1) is 0 Å². The molecule has 0 N–H and O–H groups in total. The first-order valence-electron chi connectivity index (χ1n) is 9.49. The van der Waals surface area contributed by atoms with E-state index in [1.165, 1.54) is 12.2 Å². The van der Waals surface area contributed by atoms with Crippen LogP contribution in [0.15, 0.2) is 36.5 Å². The summed E-state index contributed by atoms with van der Waals surface area (Å²) in [7, 11) is 0. The molecule has 0 atom stereocenters. The molecule has 0 saturated carbocycles. The molecule has 0 amide bonds. The van der Waals surface area contributed by atoms with Crippen LogP contribution in [-0.4, -0.2) is 89.9 Å². The maximum Gasteiger partial charge on any atom is 0.331 e. The van der Waals surface area contributed by atoms with Crippen molar-refractivity contribution in [3.8, 4) is 0 Å². The fraction of sp³-hybridized carbons (Fsp3) is 0.500. The molecule has 0 spiro atoms. The van der Waals surface area contributed by atoms with E-state index in [1.807, 2.05) is 0 Å². The fourth-order valence-corrected chi connectivity index (χ4v) is 1.81. The van der Waals surface area contributed by atoms with Gasteiger partial charge >= 0.3 is 23.9 Å². The number of esters is 4. The number of carbonyl (C=O) groups is 4. The van der Waals surface area contributed by atoms with Gasteiger partial charge in [0.2, 0.25) is 0 Å². The minimum atomic E-state index is -0.741. The number of cyclic esters (lactones) is 4. The third-order valence-electron chi connectivity index (χ3n) is 3.21. The molecule has 11 nitrogen and oxygen atoms in total. The van der Waals surface area contributed by atoms with E-state index in [4.69, 9.17) is 33.2 Å². The zero-order valence-electron chi connectivity index (χ0n) is 17.0. The lowest BCUT2D eigenvalue weighted by Crippen LogP contribution is -2.14. The van der Waals surface area contributed by atoms with E-state index in [0.29, 0.717) is 26.4 Å². The Kier molecular flexibility index (Phi) is 14.9. The molecule has 0 radical (unpaired) electrons. The molecule has 0 bridgehead atoms. The Morgan fingerprint density at radius 2 is 0.710 bits per heavy atom. The van der Waals surface area contributed by atoms with Gasteiger partial charge in [0.1, 0.15) is 26.4 Å². The van der Waals surface area contributed by atoms with Crippen molar-refractivity contribution in [1.82, 2.24) is 0 Å². The van der Waals surface area contributed by atoms with Gasteiger partial charge in [-0.1, -0.05) is 0 Å². The first kappa shape index (κ1) is 26.0. The smallest absolute Gasteiger partial charge is 0.331 e. The van der Waals surface area contributed by atoms with E-state index < -0.39 is 23.9 Å². The summed E-state index contributed by atoms with van der Waals surface area (Å²) in [5, 5.41) is 0. The second-order valence-corrected chi connectivity index (χ2v) is 5.57. The fourth-order valence-electron chi connectivity index (χ4n) is 1.81. The third-order valence-corrected chi connectivity index (χ3v) is 3.21. The van der Waals surface area contributed by atoms with Crippen LogP contribution in [0.2, 0.25) is 0 Å². The molecule has 11 heteroatoms. The lowest BCUT2D eigenvalue weighted by Gasteiger charge is -2.07. The standard InChI is InChI=1S/C20H26O11/c21-17-3-5-19(23)30-15-13-26-11-9-25-10-12-27-14-16-31-20(24)6-4-18(22)29-8-2-1-7-28-17/h1-6H,7-16H2/b2-1+,5-3-,6-4-. The molecule has 1 heterocycles. The van der Waals surface area contributed by atoms with E-state index in [2.05, 4.69) is 0 Å². The predicted molar refractivity (Wildman–Crippen MR) is 104 cm³/mol. The highest BCUT2D eigenvalue weighted by atomic mass is 16.6. The van der Waals surface area contributed by atoms with Crippen LogP contribution in [0.25, 0.3) is 0 Å². The van der Waals surface area contributed by atoms with Crippen molar-refractivity contribution in [3.63, 3.8) is 0 Å². The molecule has 0 aromatic rings. The summed E-state index contributed by atoms with van der Waals surface area (Å²) in [6, 6.07) is 0. The lowest BCUT2D eigenvalue weighted by molar-refractivity contribution is -0.141. The molecule has 0 aliphatic carbocycles. The summed E-state index contributed by atoms with van der Waals surface area (Å²) in [4.78, 5) is 45.8. The second kappa shape index (κ2) is 17.8. The van der Waals surface area contributed by atoms with Gasteiger partial charge in [-0.25, -0.2) is 19.2 Å². The zero-order chi connectivity index (χ0) is 22.6. The van der Waals surface area contributed by atoms with Crippen LogP contribution in [-0.2, 0) is 52.3 Å². The van der Waals surface area contributed by atoms with Crippen molar-refractivity contribution in [2.45, 2.75) is 0 Å². The molecule has 0 saturated heterocycles. The Morgan fingerprint density at radius 3 is 1.06 bits per heavy atom. The Bertz CT molecular complexity index is 598. The van der Waals surface area contributed by atoms with Crippen molar-refractivity contribution in [2.75, 3.05) is 66.1 Å². The van der Waals surface area contributed by atoms with E-state index in [0.717, 1.165) is 24.3 Å². The Hall–Kier alpha value is -3.02. The summed E-state index contributed by atoms with van der Waals surface area (Å²) in [6.07, 6.45) is 6.65. The van der Waals surface area contributed by atoms with Crippen molar-refractivity contribution < 1.29 is 52.3 Å². The van der Waals surface area contributed by atoms with Gasteiger partial charge in [0.25, 0.3) is 0 Å². The minimum Gasteiger partial charge on any atom is -0.460 e. The number of carbonyl (C=O) groups excluding carboxylic acids is 4. The summed E-state index contributed by atoms with van der Waals surface area (Å²) in [6.45, 7) is 1.50. The van der Waals surface area contributed by atoms with Crippen molar-refractivity contribution in [3.05, 3.63) is 36.5 Å². The first-order chi connectivity index (χ1) is 15.1. The molecule has 0 aromatic heterocycles. The molecule has 0 fully saturated rings. The Balaban J connectivity index is 2.42. The van der Waals surface area contributed by atoms with Crippen LogP contribution >= 0.6 is 0 Å². The molecular weight excluding hydrogens is 416 g/mol. The molecule has 172 valence electrons. The first-order valence-corrected chi connectivity index (χ1v) is 9.49. The molecule has 0 unspecified atom stereocenters. The van der Waals surface area contributed by atoms with Crippen LogP contribution in [0.4, 0.5) is 0 Å². The largest absolute Gasteiger partial charge is 0.460 e. The molecular formula is C20H26O11. The average Bonchev–Trinajstić information content (AvgIpc) is 2.75. The minimum absolute atomic E-state index is 0.0242. The molecule has 1 aliphatic rings. The highest BCUT2D eigenvalue weighted by Crippen LogP contribution is 1.90. The van der Waals surface area contributed by atoms with Crippen molar-refractivity contribution in [1.29, 1.82) is 0 Å². The van der Waals surface area contributed by atoms with Gasteiger partial charge < -0.3 is 33.2 Å². The van der Waals surface area contributed by atoms with Gasteiger partial charge in [0.15, 0.2) is 0 Å². The number of hydrogen-bond donors (Lipinski definition) is 0. The summed E-state index contributed by atoms with van der Waals surface area (Å²) >= 11 is 0. The van der Waals surface area contributed by atoms with E-state index in [-0.39, 0.29) is 39.6 Å². The lowest BCUT2D eigenvalue weighted by atomic mass is 10.5. The summed E-state index contributed by atoms with van der Waals surface area (Å²) in [5.41, 5.74) is 0. The van der Waals surface area contributed by atoms with Crippen LogP contribution in [0.1, 0.15) is 0 Å². The van der Waals surface area contributed by atoms with Gasteiger partial charge in [-0.3, -0.25) is 0 Å². The topological polar surface area (TPSA) is 133 Å². The SMILES string of the molecule is O=C1/C=C\C(=O)OCCOCCOCCOCCOC(=O)/C=C\C(=O)OC/C=C/CO1. The average molecular weight is 442 g/mol. The number of ether oxygens (including phenoxy) is 7. The van der Waals surface area contributed by atoms with Crippen LogP contribution in [0.3, 0.4) is 0 Å². The monoisotopic (exact) mass is 442 g/mol. The summed E-state index contributed by atoms with van der Waals surface area (Å²) < 4.78 is 35.1. The predicted octanol–water partition coefficient (Wildman–Crippen LogP) is -0.109. The molecule has 0 aromatic carbocycles. The Labute approximate surface area is 179 Å². The molecule has 1 aliphatic heterocycles. The van der Waals surface area contributed by atoms with Crippen molar-refractivity contribution in [2.24, 2.45) is 0 Å². The number of hydrogen-bond acceptors (Lipinski definition) is 11. The number of rotatable bonds is 0. The van der Waals surface area contributed by atoms with Gasteiger partial charge in [-0.15, -0.1) is 0 Å². The van der Waals surface area contributed by atoms with E-state index in [9.17, 15) is 19.2 Å². The quantitative estimate of drug-likeness (QED) is 0.283. The maximum atomic E-state index is 11.5. The third kappa shape index (κ3) is 16.5. The molecule has 1 rings (SSSR count). The summed E-state index contributed by atoms with van der Waals surface area (Å²) in [5.74, 6) is -2.89. The van der Waals surface area contributed by atoms with E-state index in [1.54, 1.807) is 0 Å². The second-order valence-electron chi connectivity index (χ2n) is 5.57. The van der Waals surface area contributed by atoms with Gasteiger partial charge in [0.05, 0.1) is 39.6 Å². The van der Waals surface area contributed by atoms with Gasteiger partial charge in [0, 0.05) is 24.3 Å².